The highest BCUT2D eigenvalue weighted by molar-refractivity contribution is 6.02. The van der Waals surface area contributed by atoms with Crippen LogP contribution in [0.15, 0.2) is 24.4 Å². The number of hydrogen-bond donors (Lipinski definition) is 3. The monoisotopic (exact) mass is 273 g/mol. The zero-order valence-electron chi connectivity index (χ0n) is 11.4. The first-order valence-corrected chi connectivity index (χ1v) is 7.01. The van der Waals surface area contributed by atoms with E-state index in [0.717, 1.165) is 50.0 Å². The Hall–Kier alpha value is -1.85. The minimum atomic E-state index is -0.883. The van der Waals surface area contributed by atoms with Crippen molar-refractivity contribution in [1.82, 2.24) is 15.2 Å². The first-order valence-electron chi connectivity index (χ1n) is 7.01. The van der Waals surface area contributed by atoms with E-state index in [2.05, 4.69) is 15.2 Å². The number of H-pyrrole nitrogens is 1. The molecule has 1 fully saturated rings. The van der Waals surface area contributed by atoms with E-state index in [1.807, 2.05) is 18.3 Å². The number of carbonyl (C=O) groups is 1. The molecular formula is C15H19N3O2. The minimum Gasteiger partial charge on any atom is -0.478 e. The lowest BCUT2D eigenvalue weighted by Crippen LogP contribution is -2.44. The minimum absolute atomic E-state index is 0.343. The summed E-state index contributed by atoms with van der Waals surface area (Å²) in [7, 11) is 0. The van der Waals surface area contributed by atoms with Crippen LogP contribution in [0.1, 0.15) is 15.9 Å². The highest BCUT2D eigenvalue weighted by Crippen LogP contribution is 2.22. The van der Waals surface area contributed by atoms with Crippen LogP contribution in [0.5, 0.6) is 0 Å². The number of nitrogens with zero attached hydrogens (tertiary/aromatic N) is 1. The summed E-state index contributed by atoms with van der Waals surface area (Å²) in [6.45, 7) is 5.30. The van der Waals surface area contributed by atoms with Gasteiger partial charge in [-0.25, -0.2) is 4.79 Å². The van der Waals surface area contributed by atoms with Gasteiger partial charge >= 0.3 is 5.97 Å². The summed E-state index contributed by atoms with van der Waals surface area (Å²) >= 11 is 0. The highest BCUT2D eigenvalue weighted by atomic mass is 16.4. The maximum atomic E-state index is 11.2. The standard InChI is InChI=1S/C15H19N3O2/c19-15(20)13-3-1-2-12-11(10-17-14(12)13)4-7-18-8-5-16-6-9-18/h1-3,10,16-17H,4-9H2,(H,19,20). The second-order valence-corrected chi connectivity index (χ2v) is 5.19. The van der Waals surface area contributed by atoms with Crippen molar-refractivity contribution in [2.45, 2.75) is 6.42 Å². The van der Waals surface area contributed by atoms with Gasteiger partial charge in [0.1, 0.15) is 0 Å². The molecule has 106 valence electrons. The largest absolute Gasteiger partial charge is 0.478 e. The number of carboxylic acid groups (broad SMARTS) is 1. The van der Waals surface area contributed by atoms with Crippen LogP contribution in [0.3, 0.4) is 0 Å². The average Bonchev–Trinajstić information content (AvgIpc) is 2.89. The molecule has 1 saturated heterocycles. The molecule has 0 amide bonds. The van der Waals surface area contributed by atoms with Crippen molar-refractivity contribution in [2.24, 2.45) is 0 Å². The van der Waals surface area contributed by atoms with E-state index in [1.54, 1.807) is 6.07 Å². The van der Waals surface area contributed by atoms with Gasteiger partial charge in [-0.3, -0.25) is 0 Å². The van der Waals surface area contributed by atoms with Gasteiger partial charge in [-0.2, -0.15) is 0 Å². The zero-order valence-corrected chi connectivity index (χ0v) is 11.4. The van der Waals surface area contributed by atoms with Crippen LogP contribution in [0.2, 0.25) is 0 Å². The number of hydrogen-bond acceptors (Lipinski definition) is 3. The highest BCUT2D eigenvalue weighted by Gasteiger charge is 2.14. The number of aromatic carboxylic acids is 1. The van der Waals surface area contributed by atoms with Crippen molar-refractivity contribution >= 4 is 16.9 Å². The van der Waals surface area contributed by atoms with Crippen molar-refractivity contribution in [1.29, 1.82) is 0 Å². The van der Waals surface area contributed by atoms with Gasteiger partial charge in [-0.15, -0.1) is 0 Å². The molecule has 20 heavy (non-hydrogen) atoms. The van der Waals surface area contributed by atoms with E-state index < -0.39 is 5.97 Å². The van der Waals surface area contributed by atoms with Crippen LogP contribution in [0.25, 0.3) is 10.9 Å². The Kier molecular flexibility index (Phi) is 3.71. The van der Waals surface area contributed by atoms with Crippen LogP contribution in [-0.2, 0) is 6.42 Å². The van der Waals surface area contributed by atoms with Gasteiger partial charge in [0, 0.05) is 44.3 Å². The van der Waals surface area contributed by atoms with E-state index in [9.17, 15) is 9.90 Å². The summed E-state index contributed by atoms with van der Waals surface area (Å²) in [5.74, 6) is -0.883. The number of piperazine rings is 1. The number of fused-ring (bicyclic) bond motifs is 1. The Balaban J connectivity index is 1.78. The number of carboxylic acids is 1. The van der Waals surface area contributed by atoms with Crippen molar-refractivity contribution in [2.75, 3.05) is 32.7 Å². The maximum absolute atomic E-state index is 11.2. The molecule has 0 spiro atoms. The molecule has 0 bridgehead atoms. The predicted molar refractivity (Wildman–Crippen MR) is 78.3 cm³/mol. The number of nitrogens with one attached hydrogen (secondary N) is 2. The van der Waals surface area contributed by atoms with Crippen molar-refractivity contribution < 1.29 is 9.90 Å². The summed E-state index contributed by atoms with van der Waals surface area (Å²) in [6.07, 6.45) is 2.89. The Labute approximate surface area is 117 Å². The smallest absolute Gasteiger partial charge is 0.337 e. The fraction of sp³-hybridized carbons (Fsp3) is 0.400. The molecule has 0 radical (unpaired) electrons. The predicted octanol–water partition coefficient (Wildman–Crippen LogP) is 1.31. The molecule has 0 atom stereocenters. The molecule has 2 aromatic rings. The van der Waals surface area contributed by atoms with E-state index in [1.165, 1.54) is 5.56 Å². The molecule has 1 aliphatic rings. The van der Waals surface area contributed by atoms with Gasteiger partial charge in [0.25, 0.3) is 0 Å². The van der Waals surface area contributed by atoms with E-state index in [4.69, 9.17) is 0 Å². The van der Waals surface area contributed by atoms with Gasteiger partial charge in [-0.05, 0) is 18.1 Å². The molecular weight excluding hydrogens is 254 g/mol. The summed E-state index contributed by atoms with van der Waals surface area (Å²) < 4.78 is 0. The fourth-order valence-corrected chi connectivity index (χ4v) is 2.81. The third-order valence-electron chi connectivity index (χ3n) is 3.94. The van der Waals surface area contributed by atoms with Gasteiger partial charge in [0.05, 0.1) is 11.1 Å². The Morgan fingerprint density at radius 1 is 1.30 bits per heavy atom. The Bertz CT molecular complexity index is 615. The van der Waals surface area contributed by atoms with Crippen molar-refractivity contribution in [3.63, 3.8) is 0 Å². The van der Waals surface area contributed by atoms with Gasteiger partial charge in [0.15, 0.2) is 0 Å². The molecule has 5 heteroatoms. The molecule has 1 aromatic heterocycles. The van der Waals surface area contributed by atoms with E-state index in [0.29, 0.717) is 5.56 Å². The van der Waals surface area contributed by atoms with Crippen LogP contribution in [0, 0.1) is 0 Å². The second-order valence-electron chi connectivity index (χ2n) is 5.19. The number of aromatic nitrogens is 1. The lowest BCUT2D eigenvalue weighted by molar-refractivity contribution is 0.0699. The van der Waals surface area contributed by atoms with E-state index in [-0.39, 0.29) is 0 Å². The molecule has 2 heterocycles. The maximum Gasteiger partial charge on any atom is 0.337 e. The Morgan fingerprint density at radius 2 is 2.10 bits per heavy atom. The topological polar surface area (TPSA) is 68.4 Å². The van der Waals surface area contributed by atoms with Gasteiger partial charge < -0.3 is 20.3 Å². The summed E-state index contributed by atoms with van der Waals surface area (Å²) in [6, 6.07) is 5.44. The summed E-state index contributed by atoms with van der Waals surface area (Å²) in [5.41, 5.74) is 2.27. The molecule has 0 unspecified atom stereocenters. The second kappa shape index (κ2) is 5.64. The quantitative estimate of drug-likeness (QED) is 0.786. The molecule has 5 nitrogen and oxygen atoms in total. The molecule has 1 aromatic carbocycles. The van der Waals surface area contributed by atoms with Crippen molar-refractivity contribution in [3.8, 4) is 0 Å². The molecule has 0 aliphatic carbocycles. The SMILES string of the molecule is O=C(O)c1cccc2c(CCN3CCNCC3)c[nH]c12. The van der Waals surface area contributed by atoms with Crippen molar-refractivity contribution in [3.05, 3.63) is 35.5 Å². The first kappa shape index (κ1) is 13.1. The van der Waals surface area contributed by atoms with Gasteiger partial charge in [-0.1, -0.05) is 12.1 Å². The first-order chi connectivity index (χ1) is 9.75. The zero-order chi connectivity index (χ0) is 13.9. The normalized spacial score (nSPS) is 16.6. The van der Waals surface area contributed by atoms with Gasteiger partial charge in [0.2, 0.25) is 0 Å². The fourth-order valence-electron chi connectivity index (χ4n) is 2.81. The van der Waals surface area contributed by atoms with Crippen LogP contribution >= 0.6 is 0 Å². The summed E-state index contributed by atoms with van der Waals surface area (Å²) in [4.78, 5) is 16.7. The third kappa shape index (κ3) is 2.55. The number of para-hydroxylation sites is 1. The molecule has 3 N–H and O–H groups in total. The number of benzene rings is 1. The molecule has 1 aliphatic heterocycles. The average molecular weight is 273 g/mol. The Morgan fingerprint density at radius 3 is 2.85 bits per heavy atom. The third-order valence-corrected chi connectivity index (χ3v) is 3.94. The van der Waals surface area contributed by atoms with E-state index >= 15 is 0 Å². The van der Waals surface area contributed by atoms with Crippen LogP contribution < -0.4 is 5.32 Å². The molecule has 3 rings (SSSR count). The van der Waals surface area contributed by atoms with Crippen LogP contribution in [0.4, 0.5) is 0 Å². The lowest BCUT2D eigenvalue weighted by atomic mass is 10.1. The van der Waals surface area contributed by atoms with Crippen LogP contribution in [-0.4, -0.2) is 53.7 Å². The summed E-state index contributed by atoms with van der Waals surface area (Å²) in [5, 5.41) is 13.6. The lowest BCUT2D eigenvalue weighted by Gasteiger charge is -2.26. The molecule has 0 saturated carbocycles. The number of aromatic amines is 1. The number of rotatable bonds is 4.